The second-order valence-corrected chi connectivity index (χ2v) is 6.00. The van der Waals surface area contributed by atoms with Crippen molar-refractivity contribution in [3.05, 3.63) is 12.8 Å². The molecule has 4 aliphatic rings. The first-order chi connectivity index (χ1) is 7.69. The minimum atomic E-state index is -0.0723. The minimum absolute atomic E-state index is 0.0723. The zero-order valence-corrected chi connectivity index (χ0v) is 9.67. The Morgan fingerprint density at radius 2 is 1.62 bits per heavy atom. The number of carbonyl (C=O) groups is 1. The Bertz CT molecular complexity index is 289. The molecule has 4 saturated carbocycles. The molecule has 3 heteroatoms. The number of rotatable bonds is 2. The van der Waals surface area contributed by atoms with Gasteiger partial charge in [-0.3, -0.25) is 0 Å². The van der Waals surface area contributed by atoms with E-state index in [1.165, 1.54) is 44.7 Å². The lowest BCUT2D eigenvalue weighted by Crippen LogP contribution is -2.61. The molecule has 4 bridgehead atoms. The number of urea groups is 1. The molecule has 0 saturated heterocycles. The molecule has 2 N–H and O–H groups in total. The van der Waals surface area contributed by atoms with Crippen molar-refractivity contribution in [1.82, 2.24) is 10.6 Å². The van der Waals surface area contributed by atoms with E-state index in [0.717, 1.165) is 17.8 Å². The van der Waals surface area contributed by atoms with Gasteiger partial charge in [0.25, 0.3) is 0 Å². The van der Waals surface area contributed by atoms with Crippen molar-refractivity contribution in [2.75, 3.05) is 0 Å². The Kier molecular flexibility index (Phi) is 2.23. The highest BCUT2D eigenvalue weighted by molar-refractivity contribution is 5.75. The number of amides is 2. The first kappa shape index (κ1) is 10.2. The monoisotopic (exact) mass is 220 g/mol. The molecule has 0 spiro atoms. The fraction of sp³-hybridized carbons (Fsp3) is 0.769. The molecule has 16 heavy (non-hydrogen) atoms. The van der Waals surface area contributed by atoms with Crippen LogP contribution in [0.5, 0.6) is 0 Å². The topological polar surface area (TPSA) is 41.1 Å². The highest BCUT2D eigenvalue weighted by atomic mass is 16.2. The van der Waals surface area contributed by atoms with Crippen LogP contribution >= 0.6 is 0 Å². The van der Waals surface area contributed by atoms with Crippen LogP contribution in [-0.4, -0.2) is 11.6 Å². The number of nitrogens with one attached hydrogen (secondary N) is 2. The normalized spacial score (nSPS) is 44.1. The van der Waals surface area contributed by atoms with Gasteiger partial charge in [-0.2, -0.15) is 0 Å². The molecule has 0 radical (unpaired) electrons. The molecule has 0 aromatic heterocycles. The third kappa shape index (κ3) is 1.62. The molecule has 0 aromatic rings. The summed E-state index contributed by atoms with van der Waals surface area (Å²) in [5.74, 6) is 2.61. The first-order valence-corrected chi connectivity index (χ1v) is 6.39. The zero-order chi connectivity index (χ0) is 11.2. The molecule has 0 aliphatic heterocycles. The highest BCUT2D eigenvalue weighted by Crippen LogP contribution is 2.55. The van der Waals surface area contributed by atoms with Crippen LogP contribution in [0.1, 0.15) is 38.5 Å². The second-order valence-electron chi connectivity index (χ2n) is 6.00. The van der Waals surface area contributed by atoms with E-state index in [-0.39, 0.29) is 11.6 Å². The fourth-order valence-electron chi connectivity index (χ4n) is 4.63. The van der Waals surface area contributed by atoms with Gasteiger partial charge in [0, 0.05) is 5.54 Å². The lowest BCUT2D eigenvalue weighted by molar-refractivity contribution is -0.0133. The van der Waals surface area contributed by atoms with E-state index >= 15 is 0 Å². The average molecular weight is 220 g/mol. The summed E-state index contributed by atoms with van der Waals surface area (Å²) in [6.07, 6.45) is 9.27. The van der Waals surface area contributed by atoms with Crippen LogP contribution in [0.15, 0.2) is 12.8 Å². The van der Waals surface area contributed by atoms with Crippen LogP contribution in [0.25, 0.3) is 0 Å². The maximum absolute atomic E-state index is 11.6. The summed E-state index contributed by atoms with van der Waals surface area (Å²) in [7, 11) is 0. The van der Waals surface area contributed by atoms with E-state index in [2.05, 4.69) is 17.2 Å². The standard InChI is InChI=1S/C13H20N2O/c1-2-14-12(16)15-13-6-9-3-10(7-13)5-11(4-9)8-13/h2,9-11H,1,3-8H2,(H2,14,15,16). The SMILES string of the molecule is C=CNC(=O)NC12CC3CC(CC(C3)C1)C2. The summed E-state index contributed by atoms with van der Waals surface area (Å²) in [6, 6.07) is -0.0723. The van der Waals surface area contributed by atoms with Gasteiger partial charge in [-0.15, -0.1) is 0 Å². The molecule has 0 atom stereocenters. The van der Waals surface area contributed by atoms with Crippen molar-refractivity contribution in [3.63, 3.8) is 0 Å². The van der Waals surface area contributed by atoms with Gasteiger partial charge >= 0.3 is 6.03 Å². The summed E-state index contributed by atoms with van der Waals surface area (Å²) >= 11 is 0. The Morgan fingerprint density at radius 1 is 1.12 bits per heavy atom. The van der Waals surface area contributed by atoms with Gasteiger partial charge in [0.05, 0.1) is 0 Å². The predicted octanol–water partition coefficient (Wildman–Crippen LogP) is 2.40. The third-order valence-electron chi connectivity index (χ3n) is 4.65. The molecule has 0 unspecified atom stereocenters. The van der Waals surface area contributed by atoms with E-state index in [1.807, 2.05) is 0 Å². The third-order valence-corrected chi connectivity index (χ3v) is 4.65. The van der Waals surface area contributed by atoms with Crippen molar-refractivity contribution in [2.45, 2.75) is 44.1 Å². The largest absolute Gasteiger partial charge is 0.332 e. The molecule has 0 aromatic carbocycles. The smallest absolute Gasteiger partial charge is 0.319 e. The number of carbonyl (C=O) groups excluding carboxylic acids is 1. The average Bonchev–Trinajstić information content (AvgIpc) is 2.13. The zero-order valence-electron chi connectivity index (χ0n) is 9.67. The van der Waals surface area contributed by atoms with E-state index in [0.29, 0.717) is 0 Å². The van der Waals surface area contributed by atoms with Crippen LogP contribution in [0, 0.1) is 17.8 Å². The lowest BCUT2D eigenvalue weighted by Gasteiger charge is -2.56. The van der Waals surface area contributed by atoms with Gasteiger partial charge in [0.15, 0.2) is 0 Å². The van der Waals surface area contributed by atoms with E-state index in [1.54, 1.807) is 0 Å². The number of hydrogen-bond acceptors (Lipinski definition) is 1. The second kappa shape index (κ2) is 3.51. The molecule has 88 valence electrons. The summed E-state index contributed by atoms with van der Waals surface area (Å²) in [6.45, 7) is 3.52. The van der Waals surface area contributed by atoms with Crippen LogP contribution in [-0.2, 0) is 0 Å². The van der Waals surface area contributed by atoms with Gasteiger partial charge in [-0.1, -0.05) is 6.58 Å². The van der Waals surface area contributed by atoms with Crippen LogP contribution in [0.2, 0.25) is 0 Å². The van der Waals surface area contributed by atoms with Crippen molar-refractivity contribution < 1.29 is 4.79 Å². The van der Waals surface area contributed by atoms with E-state index in [4.69, 9.17) is 0 Å². The highest BCUT2D eigenvalue weighted by Gasteiger charge is 2.51. The molecule has 4 aliphatic carbocycles. The van der Waals surface area contributed by atoms with Crippen LogP contribution in [0.4, 0.5) is 4.79 Å². The summed E-state index contributed by atoms with van der Waals surface area (Å²) < 4.78 is 0. The van der Waals surface area contributed by atoms with Gasteiger partial charge in [-0.25, -0.2) is 4.79 Å². The van der Waals surface area contributed by atoms with Gasteiger partial charge < -0.3 is 10.6 Å². The maximum atomic E-state index is 11.6. The van der Waals surface area contributed by atoms with Crippen molar-refractivity contribution in [3.8, 4) is 0 Å². The molecule has 0 heterocycles. The Labute approximate surface area is 96.7 Å². The summed E-state index contributed by atoms with van der Waals surface area (Å²) in [4.78, 5) is 11.6. The lowest BCUT2D eigenvalue weighted by atomic mass is 9.53. The van der Waals surface area contributed by atoms with E-state index in [9.17, 15) is 4.79 Å². The quantitative estimate of drug-likeness (QED) is 0.737. The molecular weight excluding hydrogens is 200 g/mol. The molecule has 4 rings (SSSR count). The van der Waals surface area contributed by atoms with Crippen molar-refractivity contribution in [2.24, 2.45) is 17.8 Å². The van der Waals surface area contributed by atoms with Gasteiger partial charge in [0.1, 0.15) is 0 Å². The Balaban J connectivity index is 1.73. The van der Waals surface area contributed by atoms with Crippen LogP contribution < -0.4 is 10.6 Å². The Hall–Kier alpha value is -0.990. The summed E-state index contributed by atoms with van der Waals surface area (Å²) in [5.41, 5.74) is 0.113. The van der Waals surface area contributed by atoms with Gasteiger partial charge in [0.2, 0.25) is 0 Å². The molecule has 4 fully saturated rings. The minimum Gasteiger partial charge on any atom is -0.332 e. The molecular formula is C13H20N2O. The van der Waals surface area contributed by atoms with Crippen molar-refractivity contribution >= 4 is 6.03 Å². The van der Waals surface area contributed by atoms with Gasteiger partial charge in [-0.05, 0) is 62.5 Å². The fourth-order valence-corrected chi connectivity index (χ4v) is 4.63. The molecule has 2 amide bonds. The maximum Gasteiger partial charge on any atom is 0.319 e. The molecule has 3 nitrogen and oxygen atoms in total. The van der Waals surface area contributed by atoms with E-state index < -0.39 is 0 Å². The van der Waals surface area contributed by atoms with Crippen molar-refractivity contribution in [1.29, 1.82) is 0 Å². The predicted molar refractivity (Wildman–Crippen MR) is 62.8 cm³/mol. The Morgan fingerprint density at radius 3 is 2.06 bits per heavy atom. The summed E-state index contributed by atoms with van der Waals surface area (Å²) in [5, 5.41) is 5.84. The number of hydrogen-bond donors (Lipinski definition) is 2. The van der Waals surface area contributed by atoms with Crippen LogP contribution in [0.3, 0.4) is 0 Å². The first-order valence-electron chi connectivity index (χ1n) is 6.39.